The third-order valence-electron chi connectivity index (χ3n) is 3.39. The molecule has 5 heteroatoms. The van der Waals surface area contributed by atoms with Gasteiger partial charge in [-0.15, -0.1) is 0 Å². The van der Waals surface area contributed by atoms with Crippen LogP contribution in [0.15, 0.2) is 24.3 Å². The number of carbonyl (C=O) groups is 2. The number of carbonyl (C=O) groups excluding carboxylic acids is 2. The van der Waals surface area contributed by atoms with E-state index in [1.165, 1.54) is 0 Å². The monoisotopic (exact) mass is 275 g/mol. The number of amides is 2. The van der Waals surface area contributed by atoms with Crippen LogP contribution in [-0.2, 0) is 4.79 Å². The third-order valence-corrected chi connectivity index (χ3v) is 3.39. The van der Waals surface area contributed by atoms with Gasteiger partial charge in [0.15, 0.2) is 0 Å². The largest absolute Gasteiger partial charge is 0.352 e. The van der Waals surface area contributed by atoms with Gasteiger partial charge in [-0.1, -0.05) is 6.07 Å². The van der Waals surface area contributed by atoms with E-state index in [1.54, 1.807) is 24.3 Å². The lowest BCUT2D eigenvalue weighted by Gasteiger charge is -2.11. The van der Waals surface area contributed by atoms with Crippen molar-refractivity contribution in [3.05, 3.63) is 29.8 Å². The molecule has 1 aliphatic carbocycles. The predicted molar refractivity (Wildman–Crippen MR) is 78.4 cm³/mol. The van der Waals surface area contributed by atoms with Crippen LogP contribution in [0.3, 0.4) is 0 Å². The minimum absolute atomic E-state index is 0.0541. The van der Waals surface area contributed by atoms with E-state index in [4.69, 9.17) is 5.73 Å². The molecule has 1 fully saturated rings. The van der Waals surface area contributed by atoms with Crippen LogP contribution in [0.25, 0.3) is 0 Å². The topological polar surface area (TPSA) is 84.2 Å². The molecular weight excluding hydrogens is 254 g/mol. The first kappa shape index (κ1) is 14.5. The summed E-state index contributed by atoms with van der Waals surface area (Å²) in [6.07, 6.45) is 2.58. The van der Waals surface area contributed by atoms with E-state index < -0.39 is 0 Å². The average Bonchev–Trinajstić information content (AvgIpc) is 3.23. The van der Waals surface area contributed by atoms with Crippen molar-refractivity contribution in [3.8, 4) is 0 Å². The second-order valence-electron chi connectivity index (χ2n) is 5.19. The Kier molecular flexibility index (Phi) is 4.74. The Morgan fingerprint density at radius 3 is 2.80 bits per heavy atom. The zero-order valence-electron chi connectivity index (χ0n) is 11.7. The van der Waals surface area contributed by atoms with Gasteiger partial charge >= 0.3 is 0 Å². The molecule has 1 aromatic carbocycles. The number of hydrogen-bond donors (Lipinski definition) is 3. The molecule has 0 bridgehead atoms. The first-order chi connectivity index (χ1) is 9.60. The zero-order chi connectivity index (χ0) is 14.5. The van der Waals surface area contributed by atoms with Gasteiger partial charge in [0.05, 0.1) is 0 Å². The molecule has 5 nitrogen and oxygen atoms in total. The number of hydrogen-bond acceptors (Lipinski definition) is 3. The van der Waals surface area contributed by atoms with Gasteiger partial charge in [-0.05, 0) is 43.9 Å². The molecule has 1 aliphatic rings. The van der Waals surface area contributed by atoms with E-state index in [-0.39, 0.29) is 17.9 Å². The molecule has 108 valence electrons. The highest BCUT2D eigenvalue weighted by Gasteiger charge is 2.29. The van der Waals surface area contributed by atoms with Crippen molar-refractivity contribution >= 4 is 17.5 Å². The van der Waals surface area contributed by atoms with E-state index in [0.717, 1.165) is 12.8 Å². The standard InChI is InChI=1S/C15H21N3O2/c1-2-17-15(20)11-4-3-5-12(8-11)18-14(19)9-13(16)10-6-7-10/h3-5,8,10,13H,2,6-7,9,16H2,1H3,(H,17,20)(H,18,19). The highest BCUT2D eigenvalue weighted by atomic mass is 16.2. The molecule has 0 aliphatic heterocycles. The van der Waals surface area contributed by atoms with Crippen LogP contribution in [0.5, 0.6) is 0 Å². The summed E-state index contributed by atoms with van der Waals surface area (Å²) >= 11 is 0. The third kappa shape index (κ3) is 4.06. The van der Waals surface area contributed by atoms with Crippen molar-refractivity contribution in [1.82, 2.24) is 5.32 Å². The average molecular weight is 275 g/mol. The Hall–Kier alpha value is -1.88. The minimum Gasteiger partial charge on any atom is -0.352 e. The van der Waals surface area contributed by atoms with Crippen molar-refractivity contribution in [2.45, 2.75) is 32.2 Å². The van der Waals surface area contributed by atoms with E-state index >= 15 is 0 Å². The van der Waals surface area contributed by atoms with Gasteiger partial charge in [0.25, 0.3) is 5.91 Å². The van der Waals surface area contributed by atoms with Gasteiger partial charge in [0, 0.05) is 30.3 Å². The summed E-state index contributed by atoms with van der Waals surface area (Å²) in [6.45, 7) is 2.44. The maximum atomic E-state index is 11.9. The lowest BCUT2D eigenvalue weighted by Crippen LogP contribution is -2.29. The molecule has 2 amide bonds. The van der Waals surface area contributed by atoms with Crippen molar-refractivity contribution in [2.75, 3.05) is 11.9 Å². The number of anilines is 1. The molecule has 1 unspecified atom stereocenters. The van der Waals surface area contributed by atoms with Gasteiger partial charge in [-0.25, -0.2) is 0 Å². The van der Waals surface area contributed by atoms with E-state index in [1.807, 2.05) is 6.92 Å². The predicted octanol–water partition coefficient (Wildman–Crippen LogP) is 1.50. The maximum absolute atomic E-state index is 11.9. The highest BCUT2D eigenvalue weighted by molar-refractivity contribution is 5.97. The summed E-state index contributed by atoms with van der Waals surface area (Å²) in [5.74, 6) is 0.262. The quantitative estimate of drug-likeness (QED) is 0.735. The molecule has 0 radical (unpaired) electrons. The summed E-state index contributed by atoms with van der Waals surface area (Å²) < 4.78 is 0. The number of rotatable bonds is 6. The molecule has 0 spiro atoms. The molecule has 1 atom stereocenters. The molecule has 20 heavy (non-hydrogen) atoms. The molecular formula is C15H21N3O2. The van der Waals surface area contributed by atoms with Crippen molar-refractivity contribution in [2.24, 2.45) is 11.7 Å². The molecule has 1 saturated carbocycles. The lowest BCUT2D eigenvalue weighted by atomic mass is 10.1. The molecule has 0 saturated heterocycles. The molecule has 0 heterocycles. The summed E-state index contributed by atoms with van der Waals surface area (Å²) in [5.41, 5.74) is 7.09. The molecule has 4 N–H and O–H groups in total. The van der Waals surface area contributed by atoms with Crippen LogP contribution >= 0.6 is 0 Å². The first-order valence-corrected chi connectivity index (χ1v) is 7.04. The molecule has 0 aromatic heterocycles. The Morgan fingerprint density at radius 2 is 2.15 bits per heavy atom. The molecule has 2 rings (SSSR count). The first-order valence-electron chi connectivity index (χ1n) is 7.04. The van der Waals surface area contributed by atoms with Crippen molar-refractivity contribution in [3.63, 3.8) is 0 Å². The number of benzene rings is 1. The zero-order valence-corrected chi connectivity index (χ0v) is 11.7. The number of nitrogens with two attached hydrogens (primary N) is 1. The van der Waals surface area contributed by atoms with Crippen LogP contribution in [0.1, 0.15) is 36.5 Å². The normalized spacial score (nSPS) is 15.5. The van der Waals surface area contributed by atoms with Gasteiger partial charge in [-0.2, -0.15) is 0 Å². The Bertz CT molecular complexity index is 498. The minimum atomic E-state index is -0.140. The highest BCUT2D eigenvalue weighted by Crippen LogP contribution is 2.32. The van der Waals surface area contributed by atoms with E-state index in [0.29, 0.717) is 30.1 Å². The van der Waals surface area contributed by atoms with Gasteiger partial charge in [0.2, 0.25) is 5.91 Å². The van der Waals surface area contributed by atoms with Crippen LogP contribution in [0, 0.1) is 5.92 Å². The Morgan fingerprint density at radius 1 is 1.40 bits per heavy atom. The SMILES string of the molecule is CCNC(=O)c1cccc(NC(=O)CC(N)C2CC2)c1. The second-order valence-corrected chi connectivity index (χ2v) is 5.19. The fourth-order valence-electron chi connectivity index (χ4n) is 2.12. The summed E-state index contributed by atoms with van der Waals surface area (Å²) in [6, 6.07) is 6.86. The summed E-state index contributed by atoms with van der Waals surface area (Å²) in [7, 11) is 0. The Balaban J connectivity index is 1.93. The van der Waals surface area contributed by atoms with Gasteiger partial charge in [0.1, 0.15) is 0 Å². The Labute approximate surface area is 118 Å². The maximum Gasteiger partial charge on any atom is 0.251 e. The number of nitrogens with one attached hydrogen (secondary N) is 2. The smallest absolute Gasteiger partial charge is 0.251 e. The van der Waals surface area contributed by atoms with Crippen molar-refractivity contribution in [1.29, 1.82) is 0 Å². The summed E-state index contributed by atoms with van der Waals surface area (Å²) in [4.78, 5) is 23.6. The van der Waals surface area contributed by atoms with Gasteiger partial charge in [-0.3, -0.25) is 9.59 Å². The van der Waals surface area contributed by atoms with Crippen molar-refractivity contribution < 1.29 is 9.59 Å². The van der Waals surface area contributed by atoms with Crippen LogP contribution in [0.4, 0.5) is 5.69 Å². The van der Waals surface area contributed by atoms with Crippen LogP contribution in [-0.4, -0.2) is 24.4 Å². The fraction of sp³-hybridized carbons (Fsp3) is 0.467. The van der Waals surface area contributed by atoms with E-state index in [9.17, 15) is 9.59 Å². The van der Waals surface area contributed by atoms with E-state index in [2.05, 4.69) is 10.6 Å². The summed E-state index contributed by atoms with van der Waals surface area (Å²) in [5, 5.41) is 5.52. The van der Waals surface area contributed by atoms with Crippen LogP contribution in [0.2, 0.25) is 0 Å². The van der Waals surface area contributed by atoms with Gasteiger partial charge < -0.3 is 16.4 Å². The lowest BCUT2D eigenvalue weighted by molar-refractivity contribution is -0.116. The fourth-order valence-corrected chi connectivity index (χ4v) is 2.12. The molecule has 1 aromatic rings. The van der Waals surface area contributed by atoms with Crippen LogP contribution < -0.4 is 16.4 Å². The second kappa shape index (κ2) is 6.52.